The SMILES string of the molecule is CCNC(=NCc1csc(CC)n1)N1CCC(N2CCOCC2)C1. The second kappa shape index (κ2) is 8.78. The average Bonchev–Trinajstić information content (AvgIpc) is 3.29. The molecule has 0 amide bonds. The molecule has 0 saturated carbocycles. The summed E-state index contributed by atoms with van der Waals surface area (Å²) in [7, 11) is 0. The molecule has 2 fully saturated rings. The van der Waals surface area contributed by atoms with Gasteiger partial charge in [0.05, 0.1) is 30.5 Å². The van der Waals surface area contributed by atoms with Gasteiger partial charge in [-0.05, 0) is 19.8 Å². The molecule has 6 nitrogen and oxygen atoms in total. The molecule has 3 heterocycles. The van der Waals surface area contributed by atoms with E-state index in [4.69, 9.17) is 9.73 Å². The second-order valence-corrected chi connectivity index (χ2v) is 7.24. The summed E-state index contributed by atoms with van der Waals surface area (Å²) in [6.07, 6.45) is 2.21. The zero-order valence-electron chi connectivity index (χ0n) is 14.8. The quantitative estimate of drug-likeness (QED) is 0.645. The lowest BCUT2D eigenvalue weighted by Crippen LogP contribution is -2.46. The fraction of sp³-hybridized carbons (Fsp3) is 0.765. The Morgan fingerprint density at radius 1 is 1.38 bits per heavy atom. The Bertz CT molecular complexity index is 541. The van der Waals surface area contributed by atoms with E-state index in [1.165, 1.54) is 11.4 Å². The molecule has 24 heavy (non-hydrogen) atoms. The van der Waals surface area contributed by atoms with Gasteiger partial charge in [-0.3, -0.25) is 4.90 Å². The van der Waals surface area contributed by atoms with Gasteiger partial charge < -0.3 is 15.0 Å². The molecular formula is C17H29N5OS. The van der Waals surface area contributed by atoms with Crippen molar-refractivity contribution >= 4 is 17.3 Å². The Balaban J connectivity index is 1.59. The first kappa shape index (κ1) is 17.6. The van der Waals surface area contributed by atoms with E-state index in [0.717, 1.165) is 64.0 Å². The van der Waals surface area contributed by atoms with Crippen molar-refractivity contribution in [3.63, 3.8) is 0 Å². The van der Waals surface area contributed by atoms with Crippen LogP contribution in [0.4, 0.5) is 0 Å². The summed E-state index contributed by atoms with van der Waals surface area (Å²) in [6.45, 7) is 11.8. The Labute approximate surface area is 148 Å². The van der Waals surface area contributed by atoms with Gasteiger partial charge in [-0.1, -0.05) is 6.92 Å². The molecule has 1 N–H and O–H groups in total. The number of ether oxygens (including phenoxy) is 1. The van der Waals surface area contributed by atoms with Gasteiger partial charge in [-0.2, -0.15) is 0 Å². The van der Waals surface area contributed by atoms with Crippen molar-refractivity contribution in [2.24, 2.45) is 4.99 Å². The van der Waals surface area contributed by atoms with Crippen molar-refractivity contribution in [3.8, 4) is 0 Å². The van der Waals surface area contributed by atoms with E-state index < -0.39 is 0 Å². The van der Waals surface area contributed by atoms with E-state index in [0.29, 0.717) is 12.6 Å². The Kier molecular flexibility index (Phi) is 6.45. The number of aryl methyl sites for hydroxylation is 1. The van der Waals surface area contributed by atoms with Gasteiger partial charge in [0, 0.05) is 44.1 Å². The largest absolute Gasteiger partial charge is 0.379 e. The van der Waals surface area contributed by atoms with Crippen molar-refractivity contribution in [1.82, 2.24) is 20.1 Å². The van der Waals surface area contributed by atoms with Crippen LogP contribution in [0.25, 0.3) is 0 Å². The lowest BCUT2D eigenvalue weighted by molar-refractivity contribution is 0.0195. The highest BCUT2D eigenvalue weighted by Gasteiger charge is 2.30. The number of hydrogen-bond acceptors (Lipinski definition) is 5. The van der Waals surface area contributed by atoms with Gasteiger partial charge in [0.25, 0.3) is 0 Å². The van der Waals surface area contributed by atoms with Gasteiger partial charge >= 0.3 is 0 Å². The molecule has 1 aromatic heterocycles. The Morgan fingerprint density at radius 2 is 2.21 bits per heavy atom. The summed E-state index contributed by atoms with van der Waals surface area (Å²) in [5.41, 5.74) is 1.08. The van der Waals surface area contributed by atoms with Gasteiger partial charge in [-0.25, -0.2) is 9.98 Å². The van der Waals surface area contributed by atoms with Crippen LogP contribution in [0.1, 0.15) is 31.0 Å². The number of aromatic nitrogens is 1. The first-order chi connectivity index (χ1) is 11.8. The number of thiazole rings is 1. The molecule has 2 aliphatic rings. The monoisotopic (exact) mass is 351 g/mol. The second-order valence-electron chi connectivity index (χ2n) is 6.29. The van der Waals surface area contributed by atoms with Gasteiger partial charge in [0.15, 0.2) is 5.96 Å². The van der Waals surface area contributed by atoms with Crippen LogP contribution in [-0.2, 0) is 17.7 Å². The number of aliphatic imine (C=N–C) groups is 1. The standard InChI is InChI=1S/C17H29N5OS/c1-3-16-20-14(13-24-16)11-19-17(18-4-2)22-6-5-15(12-22)21-7-9-23-10-8-21/h13,15H,3-12H2,1-2H3,(H,18,19). The van der Waals surface area contributed by atoms with Crippen molar-refractivity contribution in [1.29, 1.82) is 0 Å². The molecule has 1 unspecified atom stereocenters. The number of likely N-dealkylation sites (tertiary alicyclic amines) is 1. The van der Waals surface area contributed by atoms with E-state index in [9.17, 15) is 0 Å². The third kappa shape index (κ3) is 4.46. The number of nitrogens with one attached hydrogen (secondary N) is 1. The van der Waals surface area contributed by atoms with E-state index >= 15 is 0 Å². The normalized spacial score (nSPS) is 23.0. The number of morpholine rings is 1. The lowest BCUT2D eigenvalue weighted by atomic mass is 10.2. The molecule has 0 spiro atoms. The van der Waals surface area contributed by atoms with E-state index in [1.807, 2.05) is 0 Å². The maximum absolute atomic E-state index is 5.47. The molecule has 2 saturated heterocycles. The summed E-state index contributed by atoms with van der Waals surface area (Å²) < 4.78 is 5.47. The zero-order chi connectivity index (χ0) is 16.8. The molecule has 2 aliphatic heterocycles. The summed E-state index contributed by atoms with van der Waals surface area (Å²) in [4.78, 5) is 14.4. The highest BCUT2D eigenvalue weighted by atomic mass is 32.1. The third-order valence-corrected chi connectivity index (χ3v) is 5.69. The molecule has 0 aliphatic carbocycles. The summed E-state index contributed by atoms with van der Waals surface area (Å²) >= 11 is 1.73. The number of guanidine groups is 1. The number of nitrogens with zero attached hydrogens (tertiary/aromatic N) is 4. The molecule has 0 radical (unpaired) electrons. The molecule has 1 aromatic rings. The molecule has 3 rings (SSSR count). The van der Waals surface area contributed by atoms with E-state index in [-0.39, 0.29) is 0 Å². The van der Waals surface area contributed by atoms with Gasteiger partial charge in [-0.15, -0.1) is 11.3 Å². The van der Waals surface area contributed by atoms with Crippen LogP contribution in [0, 0.1) is 0 Å². The number of rotatable bonds is 5. The minimum absolute atomic E-state index is 0.628. The highest BCUT2D eigenvalue weighted by Crippen LogP contribution is 2.17. The van der Waals surface area contributed by atoms with Crippen LogP contribution in [0.3, 0.4) is 0 Å². The smallest absolute Gasteiger partial charge is 0.194 e. The molecule has 7 heteroatoms. The summed E-state index contributed by atoms with van der Waals surface area (Å²) in [5, 5.41) is 6.77. The van der Waals surface area contributed by atoms with Crippen LogP contribution in [0.5, 0.6) is 0 Å². The maximum Gasteiger partial charge on any atom is 0.194 e. The van der Waals surface area contributed by atoms with Crippen molar-refractivity contribution in [2.75, 3.05) is 45.9 Å². The van der Waals surface area contributed by atoms with Crippen LogP contribution >= 0.6 is 11.3 Å². The molecule has 1 atom stereocenters. The third-order valence-electron chi connectivity index (χ3n) is 4.65. The maximum atomic E-state index is 5.47. The lowest BCUT2D eigenvalue weighted by Gasteiger charge is -2.32. The van der Waals surface area contributed by atoms with Crippen LogP contribution in [0.15, 0.2) is 10.4 Å². The van der Waals surface area contributed by atoms with E-state index in [2.05, 4.69) is 39.3 Å². The fourth-order valence-corrected chi connectivity index (χ4v) is 4.08. The molecule has 0 aromatic carbocycles. The minimum Gasteiger partial charge on any atom is -0.379 e. The summed E-state index contributed by atoms with van der Waals surface area (Å²) in [5.74, 6) is 1.03. The average molecular weight is 352 g/mol. The van der Waals surface area contributed by atoms with Crippen LogP contribution in [0.2, 0.25) is 0 Å². The van der Waals surface area contributed by atoms with Crippen molar-refractivity contribution in [2.45, 2.75) is 39.3 Å². The fourth-order valence-electron chi connectivity index (χ4n) is 3.34. The Hall–Kier alpha value is -1.18. The predicted molar refractivity (Wildman–Crippen MR) is 98.7 cm³/mol. The minimum atomic E-state index is 0.628. The topological polar surface area (TPSA) is 53.0 Å². The van der Waals surface area contributed by atoms with Gasteiger partial charge in [0.1, 0.15) is 0 Å². The summed E-state index contributed by atoms with van der Waals surface area (Å²) in [6, 6.07) is 0.628. The molecule has 0 bridgehead atoms. The first-order valence-corrected chi connectivity index (χ1v) is 9.96. The molecular weight excluding hydrogens is 322 g/mol. The number of hydrogen-bond donors (Lipinski definition) is 1. The van der Waals surface area contributed by atoms with Crippen molar-refractivity contribution < 1.29 is 4.74 Å². The predicted octanol–water partition coefficient (Wildman–Crippen LogP) is 1.58. The van der Waals surface area contributed by atoms with Crippen LogP contribution in [-0.4, -0.2) is 72.7 Å². The zero-order valence-corrected chi connectivity index (χ0v) is 15.6. The van der Waals surface area contributed by atoms with Gasteiger partial charge in [0.2, 0.25) is 0 Å². The van der Waals surface area contributed by atoms with E-state index in [1.54, 1.807) is 11.3 Å². The van der Waals surface area contributed by atoms with Crippen molar-refractivity contribution in [3.05, 3.63) is 16.1 Å². The Morgan fingerprint density at radius 3 is 2.92 bits per heavy atom. The first-order valence-electron chi connectivity index (χ1n) is 9.08. The molecule has 134 valence electrons. The van der Waals surface area contributed by atoms with Crippen LogP contribution < -0.4 is 5.32 Å². The highest BCUT2D eigenvalue weighted by molar-refractivity contribution is 7.09.